The molecule has 0 aliphatic carbocycles. The number of rotatable bonds is 2. The van der Waals surface area contributed by atoms with Crippen LogP contribution in [0.15, 0.2) is 78.9 Å². The lowest BCUT2D eigenvalue weighted by atomic mass is 9.86. The Morgan fingerprint density at radius 3 is 1.76 bits per heavy atom. The number of aromatic amines is 2. The minimum atomic E-state index is 0.522. The fourth-order valence-corrected chi connectivity index (χ4v) is 5.09. The van der Waals surface area contributed by atoms with Crippen LogP contribution in [0.3, 0.4) is 0 Å². The Bertz CT molecular complexity index is 1640. The molecule has 0 fully saturated rings. The Morgan fingerprint density at radius 1 is 0.658 bits per heavy atom. The number of nitrogens with one attached hydrogen (secondary N) is 2. The first kappa shape index (κ1) is 25.5. The number of hydrogen-bond acceptors (Lipinski definition) is 2. The van der Waals surface area contributed by atoms with Crippen molar-refractivity contribution in [1.29, 1.82) is 0 Å². The van der Waals surface area contributed by atoms with Gasteiger partial charge in [0.05, 0.1) is 22.8 Å². The number of nitrogens with zero attached hydrogens (tertiary/aromatic N) is 2. The molecule has 0 saturated heterocycles. The predicted molar refractivity (Wildman–Crippen MR) is 162 cm³/mol. The molecule has 3 aromatic heterocycles. The second-order valence-corrected chi connectivity index (χ2v) is 11.6. The summed E-state index contributed by atoms with van der Waals surface area (Å²) in [5.74, 6) is 0.843. The molecule has 4 heteroatoms. The maximum absolute atomic E-state index is 4.90. The molecule has 0 unspecified atom stereocenters. The monoisotopic (exact) mass is 500 g/mol. The van der Waals surface area contributed by atoms with Crippen molar-refractivity contribution in [1.82, 2.24) is 19.9 Å². The van der Waals surface area contributed by atoms with Gasteiger partial charge in [-0.2, -0.15) is 0 Å². The summed E-state index contributed by atoms with van der Waals surface area (Å²) in [6.45, 7) is 11.4. The molecule has 2 aliphatic heterocycles. The van der Waals surface area contributed by atoms with Gasteiger partial charge in [0.15, 0.2) is 0 Å². The lowest BCUT2D eigenvalue weighted by Gasteiger charge is -2.19. The van der Waals surface area contributed by atoms with Crippen molar-refractivity contribution in [2.24, 2.45) is 11.3 Å². The van der Waals surface area contributed by atoms with Crippen molar-refractivity contribution in [2.45, 2.75) is 41.0 Å². The Morgan fingerprint density at radius 2 is 1.21 bits per heavy atom. The molecule has 8 bridgehead atoms. The highest BCUT2D eigenvalue weighted by atomic mass is 14.8. The van der Waals surface area contributed by atoms with Crippen molar-refractivity contribution in [3.8, 4) is 0 Å². The molecule has 2 aliphatic rings. The topological polar surface area (TPSA) is 57.4 Å². The smallest absolute Gasteiger partial charge is 0.0737 e. The number of hydrogen-bond donors (Lipinski definition) is 2. The molecule has 192 valence electrons. The summed E-state index contributed by atoms with van der Waals surface area (Å²) in [6.07, 6.45) is 7.52. The van der Waals surface area contributed by atoms with Crippen LogP contribution in [-0.4, -0.2) is 19.9 Å². The zero-order valence-electron chi connectivity index (χ0n) is 22.9. The first-order valence-corrected chi connectivity index (χ1v) is 13.3. The molecule has 6 rings (SSSR count). The van der Waals surface area contributed by atoms with Gasteiger partial charge in [-0.15, -0.1) is 0 Å². The highest BCUT2D eigenvalue weighted by Gasteiger charge is 2.13. The summed E-state index contributed by atoms with van der Waals surface area (Å²) < 4.78 is 0. The molecule has 2 N–H and O–H groups in total. The van der Waals surface area contributed by atoms with Crippen LogP contribution in [0.25, 0.3) is 45.9 Å². The Kier molecular flexibility index (Phi) is 7.15. The Labute approximate surface area is 225 Å². The van der Waals surface area contributed by atoms with Gasteiger partial charge in [-0.3, -0.25) is 0 Å². The molecule has 0 radical (unpaired) electrons. The molecule has 1 aromatic carbocycles. The zero-order valence-corrected chi connectivity index (χ0v) is 22.9. The highest BCUT2D eigenvalue weighted by molar-refractivity contribution is 5.93. The highest BCUT2D eigenvalue weighted by Crippen LogP contribution is 2.29. The van der Waals surface area contributed by atoms with Gasteiger partial charge in [0.1, 0.15) is 0 Å². The van der Waals surface area contributed by atoms with Crippen molar-refractivity contribution in [3.05, 3.63) is 107 Å². The normalized spacial score (nSPS) is 12.7. The van der Waals surface area contributed by atoms with E-state index in [0.717, 1.165) is 61.9 Å². The van der Waals surface area contributed by atoms with Gasteiger partial charge in [-0.25, -0.2) is 9.97 Å². The average molecular weight is 501 g/mol. The van der Waals surface area contributed by atoms with Crippen LogP contribution in [0, 0.1) is 11.3 Å². The minimum Gasteiger partial charge on any atom is -0.355 e. The summed E-state index contributed by atoms with van der Waals surface area (Å²) >= 11 is 0. The summed E-state index contributed by atoms with van der Waals surface area (Å²) in [6, 6.07) is 26.9. The van der Waals surface area contributed by atoms with Gasteiger partial charge in [-0.05, 0) is 90.1 Å². The van der Waals surface area contributed by atoms with Crippen LogP contribution < -0.4 is 0 Å². The molecule has 0 atom stereocenters. The third-order valence-electron chi connectivity index (χ3n) is 6.27. The number of fused-ring (bicyclic) bond motifs is 8. The Balaban J connectivity index is 0.000000323. The fraction of sp³-hybridized carbons (Fsp3) is 0.235. The van der Waals surface area contributed by atoms with E-state index in [-0.39, 0.29) is 0 Å². The van der Waals surface area contributed by atoms with E-state index >= 15 is 0 Å². The van der Waals surface area contributed by atoms with E-state index in [2.05, 4.69) is 123 Å². The third kappa shape index (κ3) is 6.57. The SMILES string of the molecule is C1=Cc2cc3ccc(cc4ccc(cc5nc(cc1n2)C(c1ccccc1)=C5)[nH]4)[nH]3.CC(C)CC(C)(C)C. The average Bonchev–Trinajstić information content (AvgIpc) is 3.64. The largest absolute Gasteiger partial charge is 0.355 e. The van der Waals surface area contributed by atoms with Crippen LogP contribution >= 0.6 is 0 Å². The number of benzene rings is 1. The molecular weight excluding hydrogens is 464 g/mol. The van der Waals surface area contributed by atoms with Crippen LogP contribution in [0.1, 0.15) is 69.4 Å². The zero-order chi connectivity index (χ0) is 26.7. The van der Waals surface area contributed by atoms with Crippen LogP contribution in [0.5, 0.6) is 0 Å². The summed E-state index contributed by atoms with van der Waals surface area (Å²) in [5, 5.41) is 0. The molecule has 0 saturated carbocycles. The van der Waals surface area contributed by atoms with Gasteiger partial charge in [0.2, 0.25) is 0 Å². The quantitative estimate of drug-likeness (QED) is 0.249. The van der Waals surface area contributed by atoms with Crippen LogP contribution in [-0.2, 0) is 0 Å². The Hall–Kier alpha value is -4.18. The molecule has 4 nitrogen and oxygen atoms in total. The van der Waals surface area contributed by atoms with Gasteiger partial charge in [0, 0.05) is 27.6 Å². The van der Waals surface area contributed by atoms with Crippen molar-refractivity contribution in [3.63, 3.8) is 0 Å². The molecule has 5 heterocycles. The van der Waals surface area contributed by atoms with Gasteiger partial charge in [0.25, 0.3) is 0 Å². The summed E-state index contributed by atoms with van der Waals surface area (Å²) in [7, 11) is 0. The van der Waals surface area contributed by atoms with Crippen molar-refractivity contribution >= 4 is 45.9 Å². The third-order valence-corrected chi connectivity index (χ3v) is 6.27. The van der Waals surface area contributed by atoms with E-state index in [0.29, 0.717) is 5.41 Å². The maximum atomic E-state index is 4.90. The van der Waals surface area contributed by atoms with Gasteiger partial charge in [-0.1, -0.05) is 65.0 Å². The summed E-state index contributed by atoms with van der Waals surface area (Å²) in [4.78, 5) is 16.5. The van der Waals surface area contributed by atoms with Gasteiger partial charge >= 0.3 is 0 Å². The summed E-state index contributed by atoms with van der Waals surface area (Å²) in [5.41, 5.74) is 10.5. The first-order valence-electron chi connectivity index (χ1n) is 13.3. The van der Waals surface area contributed by atoms with E-state index in [1.807, 2.05) is 18.2 Å². The maximum Gasteiger partial charge on any atom is 0.0737 e. The molecule has 4 aromatic rings. The lowest BCUT2D eigenvalue weighted by molar-refractivity contribution is 0.320. The van der Waals surface area contributed by atoms with E-state index < -0.39 is 0 Å². The second-order valence-electron chi connectivity index (χ2n) is 11.6. The fourth-order valence-electron chi connectivity index (χ4n) is 5.09. The number of H-pyrrole nitrogens is 2. The lowest BCUT2D eigenvalue weighted by Crippen LogP contribution is -2.08. The van der Waals surface area contributed by atoms with E-state index in [1.165, 1.54) is 6.42 Å². The molecule has 38 heavy (non-hydrogen) atoms. The first-order chi connectivity index (χ1) is 18.2. The van der Waals surface area contributed by atoms with Gasteiger partial charge < -0.3 is 9.97 Å². The molecular formula is C34H36N4. The number of aromatic nitrogens is 4. The van der Waals surface area contributed by atoms with E-state index in [4.69, 9.17) is 9.97 Å². The van der Waals surface area contributed by atoms with Crippen LogP contribution in [0.4, 0.5) is 0 Å². The predicted octanol–water partition coefficient (Wildman–Crippen LogP) is 9.15. The second kappa shape index (κ2) is 10.7. The molecule has 0 spiro atoms. The van der Waals surface area contributed by atoms with Crippen LogP contribution in [0.2, 0.25) is 0 Å². The minimum absolute atomic E-state index is 0.522. The molecule has 0 amide bonds. The standard InChI is InChI=1S/C26H18N4.C8H18/c1-2-4-17(5-3-1)25-15-24-14-22-9-8-20(28-22)12-18-6-7-19(27-18)13-21-10-11-23(29-21)16-26(25)30-24;1-7(2)6-8(3,4)5/h1-16,27-28H;7H,6H2,1-5H3. The van der Waals surface area contributed by atoms with E-state index in [1.54, 1.807) is 0 Å². The van der Waals surface area contributed by atoms with Crippen molar-refractivity contribution < 1.29 is 0 Å². The van der Waals surface area contributed by atoms with E-state index in [9.17, 15) is 0 Å². The van der Waals surface area contributed by atoms with Crippen molar-refractivity contribution in [2.75, 3.05) is 0 Å².